The fraction of sp³-hybridized carbons (Fsp3) is 0.400. The van der Waals surface area contributed by atoms with Crippen LogP contribution >= 0.6 is 0 Å². The normalized spacial score (nSPS) is 22.0. The van der Waals surface area contributed by atoms with Crippen LogP contribution in [-0.2, 0) is 13.2 Å². The van der Waals surface area contributed by atoms with E-state index in [1.807, 2.05) is 24.3 Å². The molecule has 0 unspecified atom stereocenters. The number of hydrogen-bond acceptors (Lipinski definition) is 4. The lowest BCUT2D eigenvalue weighted by molar-refractivity contribution is 0.304. The highest BCUT2D eigenvalue weighted by molar-refractivity contribution is 5.74. The number of nitrogens with two attached hydrogens (primary N) is 2. The molecule has 0 spiro atoms. The lowest BCUT2D eigenvalue weighted by Crippen LogP contribution is -2.10. The maximum absolute atomic E-state index is 6.32. The zero-order chi connectivity index (χ0) is 30.5. The second-order valence-electron chi connectivity index (χ2n) is 13.5. The fourth-order valence-corrected chi connectivity index (χ4v) is 7.17. The minimum absolute atomic E-state index is 0.423. The van der Waals surface area contributed by atoms with E-state index >= 15 is 0 Å². The highest BCUT2D eigenvalue weighted by atomic mass is 16.5. The Morgan fingerprint density at radius 2 is 0.864 bits per heavy atom. The van der Waals surface area contributed by atoms with Crippen LogP contribution in [0.5, 0.6) is 11.5 Å². The number of benzene rings is 4. The predicted octanol–water partition coefficient (Wildman–Crippen LogP) is 10.3. The molecule has 0 heterocycles. The van der Waals surface area contributed by atoms with Crippen molar-refractivity contribution < 1.29 is 9.47 Å². The average molecular weight is 589 g/mol. The lowest BCUT2D eigenvalue weighted by atomic mass is 9.79. The molecular weight excluding hydrogens is 540 g/mol. The summed E-state index contributed by atoms with van der Waals surface area (Å²) in [7, 11) is 0. The predicted molar refractivity (Wildman–Crippen MR) is 183 cm³/mol. The van der Waals surface area contributed by atoms with E-state index in [4.69, 9.17) is 20.9 Å². The van der Waals surface area contributed by atoms with Crippen LogP contribution in [0.15, 0.2) is 84.9 Å². The third kappa shape index (κ3) is 7.41. The van der Waals surface area contributed by atoms with Crippen LogP contribution in [0.25, 0.3) is 11.1 Å². The van der Waals surface area contributed by atoms with Gasteiger partial charge >= 0.3 is 0 Å². The Morgan fingerprint density at radius 3 is 1.23 bits per heavy atom. The molecule has 4 aromatic carbocycles. The van der Waals surface area contributed by atoms with Crippen molar-refractivity contribution in [2.24, 2.45) is 11.8 Å². The lowest BCUT2D eigenvalue weighted by Gasteiger charge is -2.26. The van der Waals surface area contributed by atoms with Gasteiger partial charge in [0.1, 0.15) is 24.7 Å². The molecule has 0 aromatic heterocycles. The molecule has 0 bridgehead atoms. The van der Waals surface area contributed by atoms with Crippen LogP contribution in [0.1, 0.15) is 99.3 Å². The summed E-state index contributed by atoms with van der Waals surface area (Å²) in [4.78, 5) is 0. The Morgan fingerprint density at radius 1 is 0.500 bits per heavy atom. The van der Waals surface area contributed by atoms with Gasteiger partial charge < -0.3 is 20.9 Å². The van der Waals surface area contributed by atoms with E-state index in [-0.39, 0.29) is 0 Å². The zero-order valence-corrected chi connectivity index (χ0v) is 26.4. The van der Waals surface area contributed by atoms with E-state index in [0.717, 1.165) is 57.0 Å². The number of nitrogen functional groups attached to an aromatic ring is 2. The first-order chi connectivity index (χ1) is 21.4. The molecule has 2 saturated carbocycles. The van der Waals surface area contributed by atoms with Crippen molar-refractivity contribution in [2.45, 2.75) is 90.3 Å². The topological polar surface area (TPSA) is 70.5 Å². The standard InChI is InChI=1S/C40H48N2O2/c1-27-3-7-29(8-4-27)31-11-17-37(18-12-31)43-25-33-23-35(41)15-21-39(33)40-22-16-36(42)24-34(40)26-44-38-19-13-32(14-20-38)30-9-5-28(2)6-10-30/h11-24,27-30H,3-10,25-26,41-42H2,1-2H3. The molecule has 6 rings (SSSR count). The van der Waals surface area contributed by atoms with Gasteiger partial charge in [0.2, 0.25) is 0 Å². The summed E-state index contributed by atoms with van der Waals surface area (Å²) >= 11 is 0. The summed E-state index contributed by atoms with van der Waals surface area (Å²) in [5.74, 6) is 4.81. The maximum atomic E-state index is 6.32. The third-order valence-electron chi connectivity index (χ3n) is 10.1. The second-order valence-corrected chi connectivity index (χ2v) is 13.5. The van der Waals surface area contributed by atoms with Gasteiger partial charge in [0.05, 0.1) is 0 Å². The number of rotatable bonds is 9. The van der Waals surface area contributed by atoms with Gasteiger partial charge in [-0.15, -0.1) is 0 Å². The molecule has 2 fully saturated rings. The van der Waals surface area contributed by atoms with Gasteiger partial charge in [-0.3, -0.25) is 0 Å². The molecule has 2 aliphatic rings. The van der Waals surface area contributed by atoms with Gasteiger partial charge in [0.15, 0.2) is 0 Å². The van der Waals surface area contributed by atoms with Crippen molar-refractivity contribution in [1.29, 1.82) is 0 Å². The van der Waals surface area contributed by atoms with Crippen LogP contribution in [0.4, 0.5) is 11.4 Å². The summed E-state index contributed by atoms with van der Waals surface area (Å²) in [6.45, 7) is 5.59. The highest BCUT2D eigenvalue weighted by Gasteiger charge is 2.21. The van der Waals surface area contributed by atoms with E-state index in [9.17, 15) is 0 Å². The van der Waals surface area contributed by atoms with E-state index in [0.29, 0.717) is 25.0 Å². The van der Waals surface area contributed by atoms with E-state index in [2.05, 4.69) is 74.5 Å². The molecule has 44 heavy (non-hydrogen) atoms. The number of ether oxygens (including phenoxy) is 2. The first-order valence-corrected chi connectivity index (χ1v) is 16.6. The van der Waals surface area contributed by atoms with Crippen molar-refractivity contribution in [1.82, 2.24) is 0 Å². The number of hydrogen-bond donors (Lipinski definition) is 2. The summed E-state index contributed by atoms with van der Waals surface area (Å²) in [6, 6.07) is 29.5. The Balaban J connectivity index is 1.14. The molecule has 0 saturated heterocycles. The summed E-state index contributed by atoms with van der Waals surface area (Å²) in [5.41, 5.74) is 21.0. The molecule has 4 N–H and O–H groups in total. The van der Waals surface area contributed by atoms with Gasteiger partial charge in [-0.2, -0.15) is 0 Å². The number of anilines is 2. The van der Waals surface area contributed by atoms with Gasteiger partial charge in [-0.25, -0.2) is 0 Å². The zero-order valence-electron chi connectivity index (χ0n) is 26.4. The largest absolute Gasteiger partial charge is 0.489 e. The molecule has 0 aliphatic heterocycles. The van der Waals surface area contributed by atoms with Crippen molar-refractivity contribution in [2.75, 3.05) is 11.5 Å². The van der Waals surface area contributed by atoms with Crippen LogP contribution in [0.3, 0.4) is 0 Å². The van der Waals surface area contributed by atoms with Crippen molar-refractivity contribution in [3.05, 3.63) is 107 Å². The van der Waals surface area contributed by atoms with Crippen molar-refractivity contribution >= 4 is 11.4 Å². The second kappa shape index (κ2) is 13.8. The average Bonchev–Trinajstić information content (AvgIpc) is 3.04. The third-order valence-corrected chi connectivity index (χ3v) is 10.1. The van der Waals surface area contributed by atoms with Crippen LogP contribution in [0.2, 0.25) is 0 Å². The van der Waals surface area contributed by atoms with Crippen LogP contribution in [0, 0.1) is 11.8 Å². The van der Waals surface area contributed by atoms with Crippen LogP contribution < -0.4 is 20.9 Å². The molecule has 4 aromatic rings. The highest BCUT2D eigenvalue weighted by Crippen LogP contribution is 2.38. The van der Waals surface area contributed by atoms with E-state index in [1.165, 1.54) is 62.5 Å². The molecule has 0 atom stereocenters. The van der Waals surface area contributed by atoms with Gasteiger partial charge in [-0.1, -0.05) is 75.9 Å². The molecule has 4 nitrogen and oxygen atoms in total. The van der Waals surface area contributed by atoms with Crippen molar-refractivity contribution in [3.8, 4) is 22.6 Å². The first-order valence-electron chi connectivity index (χ1n) is 16.6. The smallest absolute Gasteiger partial charge is 0.119 e. The molecule has 2 aliphatic carbocycles. The Kier molecular flexibility index (Phi) is 9.45. The summed E-state index contributed by atoms with van der Waals surface area (Å²) < 4.78 is 12.6. The first kappa shape index (κ1) is 30.1. The molecule has 0 amide bonds. The van der Waals surface area contributed by atoms with E-state index < -0.39 is 0 Å². The Hall–Kier alpha value is -3.92. The minimum atomic E-state index is 0.423. The van der Waals surface area contributed by atoms with Crippen LogP contribution in [-0.4, -0.2) is 0 Å². The molecular formula is C40H48N2O2. The molecule has 4 heteroatoms. The van der Waals surface area contributed by atoms with Gasteiger partial charge in [0.25, 0.3) is 0 Å². The summed E-state index contributed by atoms with van der Waals surface area (Å²) in [6.07, 6.45) is 10.4. The monoisotopic (exact) mass is 588 g/mol. The molecule has 230 valence electrons. The van der Waals surface area contributed by atoms with E-state index in [1.54, 1.807) is 0 Å². The minimum Gasteiger partial charge on any atom is -0.489 e. The summed E-state index contributed by atoms with van der Waals surface area (Å²) in [5, 5.41) is 0. The quantitative estimate of drug-likeness (QED) is 0.191. The van der Waals surface area contributed by atoms with Gasteiger partial charge in [-0.05, 0) is 131 Å². The van der Waals surface area contributed by atoms with Gasteiger partial charge in [0, 0.05) is 11.4 Å². The Labute approximate surface area is 263 Å². The molecule has 0 radical (unpaired) electrons. The van der Waals surface area contributed by atoms with Crippen molar-refractivity contribution in [3.63, 3.8) is 0 Å². The maximum Gasteiger partial charge on any atom is 0.119 e. The Bertz CT molecular complexity index is 1400. The SMILES string of the molecule is CC1CCC(c2ccc(OCc3cc(N)ccc3-c3ccc(N)cc3COc3ccc(C4CCC(C)CC4)cc3)cc2)CC1. The fourth-order valence-electron chi connectivity index (χ4n) is 7.17.